The highest BCUT2D eigenvalue weighted by Gasteiger charge is 2.18. The Morgan fingerprint density at radius 3 is 2.67 bits per heavy atom. The number of hydrogen-bond acceptors (Lipinski definition) is 2. The second-order valence-electron chi connectivity index (χ2n) is 5.19. The van der Waals surface area contributed by atoms with E-state index in [1.54, 1.807) is 7.11 Å². The lowest BCUT2D eigenvalue weighted by Gasteiger charge is -2.22. The number of rotatable bonds is 6. The largest absolute Gasteiger partial charge is 0.496 e. The van der Waals surface area contributed by atoms with E-state index in [2.05, 4.69) is 65.4 Å². The summed E-state index contributed by atoms with van der Waals surface area (Å²) in [5.74, 6) is 0.910. The minimum Gasteiger partial charge on any atom is -0.496 e. The molecular formula is C18H22BrNO. The number of methoxy groups -OCH3 is 1. The van der Waals surface area contributed by atoms with Gasteiger partial charge in [-0.05, 0) is 43.7 Å². The topological polar surface area (TPSA) is 21.3 Å². The lowest BCUT2D eigenvalue weighted by Crippen LogP contribution is -2.23. The summed E-state index contributed by atoms with van der Waals surface area (Å²) in [5.41, 5.74) is 3.69. The van der Waals surface area contributed by atoms with E-state index in [-0.39, 0.29) is 6.04 Å². The van der Waals surface area contributed by atoms with Crippen molar-refractivity contribution in [3.8, 4) is 5.75 Å². The first-order valence-electron chi connectivity index (χ1n) is 7.29. The van der Waals surface area contributed by atoms with Gasteiger partial charge in [0.25, 0.3) is 0 Å². The predicted molar refractivity (Wildman–Crippen MR) is 92.0 cm³/mol. The molecule has 0 saturated heterocycles. The highest BCUT2D eigenvalue weighted by atomic mass is 79.9. The maximum Gasteiger partial charge on any atom is 0.124 e. The number of ether oxygens (including phenoxy) is 1. The van der Waals surface area contributed by atoms with Gasteiger partial charge in [0.1, 0.15) is 5.75 Å². The van der Waals surface area contributed by atoms with Crippen molar-refractivity contribution < 1.29 is 4.74 Å². The molecule has 2 nitrogen and oxygen atoms in total. The quantitative estimate of drug-likeness (QED) is 0.805. The smallest absolute Gasteiger partial charge is 0.124 e. The van der Waals surface area contributed by atoms with Gasteiger partial charge in [0.05, 0.1) is 13.2 Å². The van der Waals surface area contributed by atoms with Crippen LogP contribution in [0.2, 0.25) is 0 Å². The van der Waals surface area contributed by atoms with Gasteiger partial charge in [0, 0.05) is 10.0 Å². The molecule has 112 valence electrons. The first kappa shape index (κ1) is 16.1. The molecule has 0 heterocycles. The number of halogens is 1. The molecule has 0 saturated carbocycles. The number of benzene rings is 2. The fraction of sp³-hybridized carbons (Fsp3) is 0.333. The van der Waals surface area contributed by atoms with Crippen LogP contribution in [0.15, 0.2) is 46.9 Å². The molecule has 21 heavy (non-hydrogen) atoms. The van der Waals surface area contributed by atoms with Gasteiger partial charge in [-0.15, -0.1) is 0 Å². The molecule has 0 radical (unpaired) electrons. The average molecular weight is 348 g/mol. The maximum atomic E-state index is 5.55. The van der Waals surface area contributed by atoms with E-state index in [9.17, 15) is 0 Å². The monoisotopic (exact) mass is 347 g/mol. The van der Waals surface area contributed by atoms with E-state index < -0.39 is 0 Å². The molecule has 2 aromatic rings. The molecule has 2 aromatic carbocycles. The average Bonchev–Trinajstić information content (AvgIpc) is 2.48. The molecule has 1 N–H and O–H groups in total. The second-order valence-corrected chi connectivity index (χ2v) is 6.10. The molecule has 0 spiro atoms. The van der Waals surface area contributed by atoms with E-state index in [0.29, 0.717) is 0 Å². The van der Waals surface area contributed by atoms with Gasteiger partial charge in [-0.25, -0.2) is 0 Å². The fourth-order valence-corrected chi connectivity index (χ4v) is 2.86. The van der Waals surface area contributed by atoms with Gasteiger partial charge in [0.15, 0.2) is 0 Å². The van der Waals surface area contributed by atoms with Crippen LogP contribution in [0, 0.1) is 6.92 Å². The van der Waals surface area contributed by atoms with E-state index in [1.807, 2.05) is 12.1 Å². The van der Waals surface area contributed by atoms with Crippen molar-refractivity contribution >= 4 is 15.9 Å². The summed E-state index contributed by atoms with van der Waals surface area (Å²) >= 11 is 3.57. The molecule has 0 aliphatic carbocycles. The van der Waals surface area contributed by atoms with E-state index >= 15 is 0 Å². The van der Waals surface area contributed by atoms with Crippen molar-refractivity contribution in [1.29, 1.82) is 0 Å². The lowest BCUT2D eigenvalue weighted by molar-refractivity contribution is 0.403. The zero-order chi connectivity index (χ0) is 15.2. The Labute approximate surface area is 135 Å². The first-order valence-corrected chi connectivity index (χ1v) is 8.08. The van der Waals surface area contributed by atoms with Crippen molar-refractivity contribution in [2.45, 2.75) is 26.3 Å². The molecule has 2 rings (SSSR count). The standard InChI is InChI=1S/C18H22BrNO/c1-4-10-20-18(14-7-5-6-13(2)11-14)16-12-15(19)8-9-17(16)21-3/h5-9,11-12,18,20H,4,10H2,1-3H3. The summed E-state index contributed by atoms with van der Waals surface area (Å²) in [6.45, 7) is 5.27. The molecule has 1 unspecified atom stereocenters. The van der Waals surface area contributed by atoms with Crippen LogP contribution in [-0.2, 0) is 0 Å². The first-order chi connectivity index (χ1) is 10.2. The SMILES string of the molecule is CCCNC(c1cccc(C)c1)c1cc(Br)ccc1OC. The van der Waals surface area contributed by atoms with Crippen molar-refractivity contribution in [3.63, 3.8) is 0 Å². The van der Waals surface area contributed by atoms with Crippen LogP contribution in [-0.4, -0.2) is 13.7 Å². The lowest BCUT2D eigenvalue weighted by atomic mass is 9.96. The molecular weight excluding hydrogens is 326 g/mol. The van der Waals surface area contributed by atoms with Gasteiger partial charge in [0.2, 0.25) is 0 Å². The Balaban J connectivity index is 2.47. The van der Waals surface area contributed by atoms with Crippen LogP contribution in [0.25, 0.3) is 0 Å². The Hall–Kier alpha value is -1.32. The number of hydrogen-bond donors (Lipinski definition) is 1. The highest BCUT2D eigenvalue weighted by Crippen LogP contribution is 2.32. The molecule has 0 aliphatic heterocycles. The Morgan fingerprint density at radius 2 is 2.00 bits per heavy atom. The zero-order valence-corrected chi connectivity index (χ0v) is 14.4. The molecule has 3 heteroatoms. The van der Waals surface area contributed by atoms with E-state index in [4.69, 9.17) is 4.74 Å². The number of aryl methyl sites for hydroxylation is 1. The summed E-state index contributed by atoms with van der Waals surface area (Å²) in [4.78, 5) is 0. The van der Waals surface area contributed by atoms with Gasteiger partial charge in [-0.3, -0.25) is 0 Å². The maximum absolute atomic E-state index is 5.55. The van der Waals surface area contributed by atoms with Crippen molar-refractivity contribution in [3.05, 3.63) is 63.6 Å². The third-order valence-electron chi connectivity index (χ3n) is 3.48. The summed E-state index contributed by atoms with van der Waals surface area (Å²) in [5, 5.41) is 3.63. The molecule has 0 aromatic heterocycles. The summed E-state index contributed by atoms with van der Waals surface area (Å²) in [6.07, 6.45) is 1.10. The second kappa shape index (κ2) is 7.62. The minimum absolute atomic E-state index is 0.136. The van der Waals surface area contributed by atoms with Gasteiger partial charge in [-0.1, -0.05) is 52.7 Å². The van der Waals surface area contributed by atoms with E-state index in [0.717, 1.165) is 28.8 Å². The summed E-state index contributed by atoms with van der Waals surface area (Å²) in [6, 6.07) is 14.9. The predicted octanol–water partition coefficient (Wildman–Crippen LogP) is 4.86. The van der Waals surface area contributed by atoms with Gasteiger partial charge < -0.3 is 10.1 Å². The van der Waals surface area contributed by atoms with Crippen molar-refractivity contribution in [2.75, 3.05) is 13.7 Å². The Morgan fingerprint density at radius 1 is 1.19 bits per heavy atom. The van der Waals surface area contributed by atoms with Crippen LogP contribution in [0.1, 0.15) is 36.1 Å². The van der Waals surface area contributed by atoms with Crippen LogP contribution in [0.4, 0.5) is 0 Å². The van der Waals surface area contributed by atoms with Crippen LogP contribution >= 0.6 is 15.9 Å². The fourth-order valence-electron chi connectivity index (χ4n) is 2.48. The summed E-state index contributed by atoms with van der Waals surface area (Å²) in [7, 11) is 1.72. The molecule has 0 bridgehead atoms. The van der Waals surface area contributed by atoms with Gasteiger partial charge in [-0.2, -0.15) is 0 Å². The summed E-state index contributed by atoms with van der Waals surface area (Å²) < 4.78 is 6.62. The Bertz CT molecular complexity index is 598. The van der Waals surface area contributed by atoms with Gasteiger partial charge >= 0.3 is 0 Å². The zero-order valence-electron chi connectivity index (χ0n) is 12.8. The van der Waals surface area contributed by atoms with Crippen molar-refractivity contribution in [1.82, 2.24) is 5.32 Å². The van der Waals surface area contributed by atoms with Crippen molar-refractivity contribution in [2.24, 2.45) is 0 Å². The number of nitrogens with one attached hydrogen (secondary N) is 1. The van der Waals surface area contributed by atoms with Crippen LogP contribution in [0.3, 0.4) is 0 Å². The molecule has 0 fully saturated rings. The minimum atomic E-state index is 0.136. The third-order valence-corrected chi connectivity index (χ3v) is 3.97. The Kier molecular flexibility index (Phi) is 5.83. The molecule has 0 aliphatic rings. The van der Waals surface area contributed by atoms with Crippen LogP contribution < -0.4 is 10.1 Å². The molecule has 1 atom stereocenters. The molecule has 0 amide bonds. The van der Waals surface area contributed by atoms with E-state index in [1.165, 1.54) is 11.1 Å². The van der Waals surface area contributed by atoms with Crippen LogP contribution in [0.5, 0.6) is 5.75 Å². The normalized spacial score (nSPS) is 12.2. The third kappa shape index (κ3) is 4.08. The highest BCUT2D eigenvalue weighted by molar-refractivity contribution is 9.10.